The van der Waals surface area contributed by atoms with Crippen LogP contribution >= 0.6 is 0 Å². The van der Waals surface area contributed by atoms with Crippen molar-refractivity contribution in [3.05, 3.63) is 192 Å². The molecule has 0 aliphatic rings. The molecule has 0 bridgehead atoms. The molecular weight excluding hydrogens is 959 g/mol. The largest absolute Gasteiger partial charge is 0.354 e. The summed E-state index contributed by atoms with van der Waals surface area (Å²) in [6.07, 6.45) is 5.42. The average molecular weight is 1030 g/mol. The number of nitrogens with two attached hydrogens (primary N) is 2. The third kappa shape index (κ3) is 16.3. The van der Waals surface area contributed by atoms with Crippen LogP contribution in [0, 0.1) is 0 Å². The van der Waals surface area contributed by atoms with Crippen LogP contribution < -0.4 is 27.4 Å². The number of amides is 5. The molecule has 8 aromatic rings. The van der Waals surface area contributed by atoms with Crippen LogP contribution in [-0.4, -0.2) is 97.7 Å². The van der Waals surface area contributed by atoms with Gasteiger partial charge in [0.25, 0.3) is 0 Å². The lowest BCUT2D eigenvalue weighted by molar-refractivity contribution is -0.141. The van der Waals surface area contributed by atoms with Gasteiger partial charge in [0.05, 0.1) is 0 Å². The number of carbonyl (C=O) groups excluding carboxylic acids is 5. The lowest BCUT2D eigenvalue weighted by Crippen LogP contribution is -2.55. The summed E-state index contributed by atoms with van der Waals surface area (Å²) in [6, 6.07) is 55.0. The molecule has 0 aliphatic heterocycles. The van der Waals surface area contributed by atoms with Gasteiger partial charge in [0.2, 0.25) is 29.5 Å². The summed E-state index contributed by atoms with van der Waals surface area (Å²) in [5.74, 6) is -0.893. The molecule has 0 aliphatic carbocycles. The van der Waals surface area contributed by atoms with Gasteiger partial charge < -0.3 is 37.2 Å². The highest BCUT2D eigenvalue weighted by molar-refractivity contribution is 5.93. The maximum atomic E-state index is 14.1. The Balaban J connectivity index is 0.000000227. The Morgan fingerprint density at radius 2 is 0.831 bits per heavy atom. The summed E-state index contributed by atoms with van der Waals surface area (Å²) in [7, 11) is 3.39. The molecule has 12 heteroatoms. The molecule has 0 spiro atoms. The number of nitrogens with zero attached hydrogens (tertiary/aromatic N) is 2. The maximum absolute atomic E-state index is 14.1. The Labute approximate surface area is 453 Å². The first-order valence-corrected chi connectivity index (χ1v) is 27.1. The predicted octanol–water partition coefficient (Wildman–Crippen LogP) is 9.21. The molecule has 400 valence electrons. The molecule has 0 aromatic heterocycles. The summed E-state index contributed by atoms with van der Waals surface area (Å²) in [5.41, 5.74) is 15.3. The zero-order valence-electron chi connectivity index (χ0n) is 44.9. The second-order valence-corrected chi connectivity index (χ2v) is 19.9. The van der Waals surface area contributed by atoms with Crippen molar-refractivity contribution in [1.82, 2.24) is 25.8 Å². The van der Waals surface area contributed by atoms with E-state index in [1.165, 1.54) is 15.7 Å². The molecule has 0 saturated carbocycles. The van der Waals surface area contributed by atoms with Crippen molar-refractivity contribution in [3.8, 4) is 0 Å². The number of unbranched alkanes of at least 4 members (excludes halogenated alkanes) is 1. The molecule has 3 atom stereocenters. The first kappa shape index (κ1) is 56.8. The Morgan fingerprint density at radius 3 is 1.25 bits per heavy atom. The zero-order chi connectivity index (χ0) is 54.5. The monoisotopic (exact) mass is 1030 g/mol. The lowest BCUT2D eigenvalue weighted by atomic mass is 9.98. The minimum atomic E-state index is -0.809. The van der Waals surface area contributed by atoms with Crippen LogP contribution in [0.4, 0.5) is 0 Å². The number of nitrogens with one attached hydrogen (secondary N) is 3. The highest BCUT2D eigenvalue weighted by Gasteiger charge is 2.33. The van der Waals surface area contributed by atoms with Gasteiger partial charge in [0, 0.05) is 59.3 Å². The second kappa shape index (κ2) is 28.8. The SMILES string of the molecule is CCCCC(=O)NC(Cc1ccc2ccccc2c1)C(=O)N(C)C(Cc1ccc2ccccc2c1)C(=O)NCCCN.CN(C(=O)CCc1ccc2ccccc2c1)C(Cc1ccc2ccccc2c1)C(=O)NCCCN. The maximum Gasteiger partial charge on any atom is 0.245 e. The van der Waals surface area contributed by atoms with E-state index in [0.29, 0.717) is 77.5 Å². The van der Waals surface area contributed by atoms with Gasteiger partial charge in [-0.05, 0) is 104 Å². The third-order valence-corrected chi connectivity index (χ3v) is 14.2. The molecule has 8 aromatic carbocycles. The van der Waals surface area contributed by atoms with E-state index >= 15 is 0 Å². The van der Waals surface area contributed by atoms with E-state index in [-0.39, 0.29) is 29.5 Å². The fraction of sp³-hybridized carbons (Fsp3) is 0.308. The zero-order valence-corrected chi connectivity index (χ0v) is 44.9. The molecule has 12 nitrogen and oxygen atoms in total. The number of hydrogen-bond acceptors (Lipinski definition) is 7. The molecule has 0 saturated heterocycles. The predicted molar refractivity (Wildman–Crippen MR) is 313 cm³/mol. The fourth-order valence-corrected chi connectivity index (χ4v) is 9.65. The molecule has 0 radical (unpaired) electrons. The van der Waals surface area contributed by atoms with Crippen LogP contribution in [0.3, 0.4) is 0 Å². The highest BCUT2D eigenvalue weighted by Crippen LogP contribution is 2.23. The average Bonchev–Trinajstić information content (AvgIpc) is 3.46. The van der Waals surface area contributed by atoms with Crippen molar-refractivity contribution in [1.29, 1.82) is 0 Å². The minimum Gasteiger partial charge on any atom is -0.354 e. The van der Waals surface area contributed by atoms with Crippen molar-refractivity contribution in [2.24, 2.45) is 11.5 Å². The first-order valence-electron chi connectivity index (χ1n) is 27.1. The van der Waals surface area contributed by atoms with E-state index in [9.17, 15) is 24.0 Å². The number of fused-ring (bicyclic) bond motifs is 4. The van der Waals surface area contributed by atoms with E-state index < -0.39 is 18.1 Å². The third-order valence-electron chi connectivity index (χ3n) is 14.2. The van der Waals surface area contributed by atoms with Crippen LogP contribution in [0.2, 0.25) is 0 Å². The number of rotatable bonds is 24. The van der Waals surface area contributed by atoms with Crippen LogP contribution in [0.15, 0.2) is 170 Å². The van der Waals surface area contributed by atoms with Gasteiger partial charge in [0.1, 0.15) is 18.1 Å². The Hall–Kier alpha value is -7.93. The van der Waals surface area contributed by atoms with E-state index in [0.717, 1.165) is 67.4 Å². The van der Waals surface area contributed by atoms with Crippen molar-refractivity contribution < 1.29 is 24.0 Å². The normalized spacial score (nSPS) is 12.3. The summed E-state index contributed by atoms with van der Waals surface area (Å²) >= 11 is 0. The number of aryl methyl sites for hydroxylation is 1. The molecule has 7 N–H and O–H groups in total. The highest BCUT2D eigenvalue weighted by atomic mass is 16.2. The topological polar surface area (TPSA) is 180 Å². The van der Waals surface area contributed by atoms with Gasteiger partial charge in [0.15, 0.2) is 0 Å². The number of carbonyl (C=O) groups is 5. The molecule has 77 heavy (non-hydrogen) atoms. The smallest absolute Gasteiger partial charge is 0.245 e. The number of likely N-dealkylation sites (N-methyl/N-ethyl adjacent to an activating group) is 2. The molecule has 8 rings (SSSR count). The van der Waals surface area contributed by atoms with Crippen molar-refractivity contribution >= 4 is 72.6 Å². The molecule has 0 heterocycles. The van der Waals surface area contributed by atoms with Gasteiger partial charge in [-0.2, -0.15) is 0 Å². The summed E-state index contributed by atoms with van der Waals surface area (Å²) < 4.78 is 0. The lowest BCUT2D eigenvalue weighted by Gasteiger charge is -2.31. The van der Waals surface area contributed by atoms with Gasteiger partial charge in [-0.3, -0.25) is 24.0 Å². The molecule has 3 unspecified atom stereocenters. The van der Waals surface area contributed by atoms with Gasteiger partial charge >= 0.3 is 0 Å². The van der Waals surface area contributed by atoms with E-state index in [1.54, 1.807) is 19.0 Å². The number of benzene rings is 8. The van der Waals surface area contributed by atoms with Crippen LogP contribution in [-0.2, 0) is 49.7 Å². The minimum absolute atomic E-state index is 0.0436. The summed E-state index contributed by atoms with van der Waals surface area (Å²) in [5, 5.41) is 17.9. The van der Waals surface area contributed by atoms with E-state index in [4.69, 9.17) is 11.5 Å². The quantitative estimate of drug-likeness (QED) is 0.0375. The van der Waals surface area contributed by atoms with Crippen LogP contribution in [0.25, 0.3) is 43.1 Å². The molecule has 5 amide bonds. The summed E-state index contributed by atoms with van der Waals surface area (Å²) in [4.78, 5) is 69.9. The Morgan fingerprint density at radius 1 is 0.455 bits per heavy atom. The standard InChI is InChI=1S/C35H42N4O3.C30H33N3O2/c1-3-4-14-33(40)38-31(23-25-15-17-27-10-5-7-12-29(27)21-25)35(42)39(2)32(34(41)37-20-9-19-36)24-26-16-18-28-11-6-8-13-30(28)22-26;1-33(29(34)16-13-22-11-14-24-7-2-4-9-26(24)19-22)28(30(35)32-18-6-17-31)21-23-12-15-25-8-3-5-10-27(25)20-23/h5-8,10-13,15-18,21-22,31-32H,3-4,9,14,19-20,23-24,36H2,1-2H3,(H,37,41)(H,38,40);2-5,7-12,14-15,19-20,28H,6,13,16-18,21,31H2,1H3,(H,32,35). The summed E-state index contributed by atoms with van der Waals surface area (Å²) in [6.45, 7) is 3.93. The number of hydrogen-bond donors (Lipinski definition) is 5. The van der Waals surface area contributed by atoms with Gasteiger partial charge in [-0.1, -0.05) is 183 Å². The van der Waals surface area contributed by atoms with Crippen molar-refractivity contribution in [2.75, 3.05) is 40.3 Å². The second-order valence-electron chi connectivity index (χ2n) is 19.9. The Bertz CT molecular complexity index is 3270. The van der Waals surface area contributed by atoms with Crippen molar-refractivity contribution in [3.63, 3.8) is 0 Å². The fourth-order valence-electron chi connectivity index (χ4n) is 9.65. The van der Waals surface area contributed by atoms with Crippen molar-refractivity contribution in [2.45, 2.75) is 89.3 Å². The van der Waals surface area contributed by atoms with Crippen LogP contribution in [0.1, 0.15) is 67.7 Å². The van der Waals surface area contributed by atoms with Gasteiger partial charge in [-0.15, -0.1) is 0 Å². The molecule has 0 fully saturated rings. The Kier molecular flexibility index (Phi) is 21.3. The van der Waals surface area contributed by atoms with Crippen LogP contribution in [0.5, 0.6) is 0 Å². The van der Waals surface area contributed by atoms with E-state index in [2.05, 4.69) is 82.7 Å². The molecular formula is C65H75N7O5. The first-order chi connectivity index (χ1) is 37.4. The van der Waals surface area contributed by atoms with Gasteiger partial charge in [-0.25, -0.2) is 0 Å². The van der Waals surface area contributed by atoms with E-state index in [1.807, 2.05) is 110 Å².